The largest absolute Gasteiger partial charge is 0.393 e. The molecule has 2 rings (SSSR count). The van der Waals surface area contributed by atoms with E-state index in [0.29, 0.717) is 19.3 Å². The third-order valence-corrected chi connectivity index (χ3v) is 9.39. The number of allylic oxidation sites excluding steroid dienone is 19. The molecule has 0 aromatic heterocycles. The van der Waals surface area contributed by atoms with Crippen LogP contribution in [0.4, 0.5) is 0 Å². The molecule has 4 nitrogen and oxygen atoms in total. The molecule has 4 atom stereocenters. The predicted molar refractivity (Wildman–Crippen MR) is 186 cm³/mol. The summed E-state index contributed by atoms with van der Waals surface area (Å²) in [6.45, 7) is 20.3. The van der Waals surface area contributed by atoms with Crippen molar-refractivity contribution in [3.8, 4) is 0 Å². The molecule has 1 fully saturated rings. The van der Waals surface area contributed by atoms with Gasteiger partial charge in [0.05, 0.1) is 12.2 Å². The first-order valence-electron chi connectivity index (χ1n) is 15.8. The Morgan fingerprint density at radius 2 is 1.14 bits per heavy atom. The number of carbonyl (C=O) groups is 1. The number of aliphatic hydroxyl groups excluding tert-OH is 3. The average Bonchev–Trinajstić information content (AvgIpc) is 3.14. The van der Waals surface area contributed by atoms with E-state index in [-0.39, 0.29) is 16.6 Å². The second kappa shape index (κ2) is 15.8. The molecule has 0 aromatic carbocycles. The lowest BCUT2D eigenvalue weighted by Gasteiger charge is -2.38. The van der Waals surface area contributed by atoms with Gasteiger partial charge in [0.2, 0.25) is 0 Å². The van der Waals surface area contributed by atoms with Gasteiger partial charge in [-0.15, -0.1) is 0 Å². The van der Waals surface area contributed by atoms with E-state index in [1.807, 2.05) is 77.2 Å². The van der Waals surface area contributed by atoms with E-state index >= 15 is 0 Å². The van der Waals surface area contributed by atoms with Crippen LogP contribution in [0, 0.1) is 16.2 Å². The highest BCUT2D eigenvalue weighted by Gasteiger charge is 2.52. The Morgan fingerprint density at radius 3 is 1.64 bits per heavy atom. The van der Waals surface area contributed by atoms with E-state index < -0.39 is 23.7 Å². The maximum Gasteiger partial charge on any atom is 0.162 e. The van der Waals surface area contributed by atoms with Crippen molar-refractivity contribution >= 4 is 5.78 Å². The van der Waals surface area contributed by atoms with E-state index in [0.717, 1.165) is 33.4 Å². The Bertz CT molecular complexity index is 1350. The third-order valence-electron chi connectivity index (χ3n) is 9.39. The maximum atomic E-state index is 12.9. The van der Waals surface area contributed by atoms with Crippen LogP contribution in [0.25, 0.3) is 0 Å². The zero-order valence-corrected chi connectivity index (χ0v) is 28.7. The van der Waals surface area contributed by atoms with E-state index in [2.05, 4.69) is 71.1 Å². The summed E-state index contributed by atoms with van der Waals surface area (Å²) >= 11 is 0. The molecule has 240 valence electrons. The summed E-state index contributed by atoms with van der Waals surface area (Å²) < 4.78 is 0. The monoisotopic (exact) mass is 600 g/mol. The Hall–Kier alpha value is -3.05. The molecule has 0 aliphatic heterocycles. The molecule has 3 N–H and O–H groups in total. The molecule has 0 radical (unpaired) electrons. The number of carbonyl (C=O) groups excluding carboxylic acids is 1. The first-order chi connectivity index (χ1) is 20.4. The van der Waals surface area contributed by atoms with Crippen molar-refractivity contribution in [2.24, 2.45) is 16.2 Å². The van der Waals surface area contributed by atoms with Crippen LogP contribution in [0.5, 0.6) is 0 Å². The van der Waals surface area contributed by atoms with Crippen molar-refractivity contribution in [2.75, 3.05) is 0 Å². The van der Waals surface area contributed by atoms with Crippen molar-refractivity contribution in [3.63, 3.8) is 0 Å². The molecule has 2 aliphatic carbocycles. The highest BCUT2D eigenvalue weighted by atomic mass is 16.3. The SMILES string of the molecule is CC1=C(/C=C/C(C)=C/C=C/C(C)=C/C=C/C=C(C)/C=C/C=C(C)/C=C/C(=O)[C@]2(C)C[C@@H](O)CC2(C)C)C(C)(C)C[C@H](O)[C@H]1O. The van der Waals surface area contributed by atoms with Crippen molar-refractivity contribution in [3.05, 3.63) is 119 Å². The van der Waals surface area contributed by atoms with Crippen molar-refractivity contribution in [2.45, 2.75) is 107 Å². The normalized spacial score (nSPS) is 29.1. The minimum atomic E-state index is -0.801. The fraction of sp³-hybridized carbons (Fsp3) is 0.475. The van der Waals surface area contributed by atoms with Gasteiger partial charge >= 0.3 is 0 Å². The topological polar surface area (TPSA) is 77.8 Å². The lowest BCUT2D eigenvalue weighted by molar-refractivity contribution is -0.127. The van der Waals surface area contributed by atoms with Gasteiger partial charge in [-0.1, -0.05) is 136 Å². The maximum absolute atomic E-state index is 12.9. The molecule has 4 heteroatoms. The Morgan fingerprint density at radius 1 is 0.659 bits per heavy atom. The highest BCUT2D eigenvalue weighted by molar-refractivity contribution is 5.95. The van der Waals surface area contributed by atoms with Crippen LogP contribution < -0.4 is 0 Å². The number of aliphatic hydroxyl groups is 3. The first-order valence-corrected chi connectivity index (χ1v) is 15.8. The summed E-state index contributed by atoms with van der Waals surface area (Å²) in [5, 5.41) is 30.5. The molecule has 2 aliphatic rings. The average molecular weight is 601 g/mol. The van der Waals surface area contributed by atoms with E-state index in [4.69, 9.17) is 0 Å². The Labute approximate surface area is 267 Å². The van der Waals surface area contributed by atoms with Gasteiger partial charge < -0.3 is 15.3 Å². The summed E-state index contributed by atoms with van der Waals surface area (Å²) in [6.07, 6.45) is 27.7. The summed E-state index contributed by atoms with van der Waals surface area (Å²) in [5.74, 6) is 0.0775. The summed E-state index contributed by atoms with van der Waals surface area (Å²) in [4.78, 5) is 12.9. The van der Waals surface area contributed by atoms with Crippen LogP contribution in [-0.4, -0.2) is 39.4 Å². The quantitative estimate of drug-likeness (QED) is 0.164. The van der Waals surface area contributed by atoms with Gasteiger partial charge in [-0.2, -0.15) is 0 Å². The van der Waals surface area contributed by atoms with Crippen LogP contribution in [-0.2, 0) is 4.79 Å². The van der Waals surface area contributed by atoms with E-state index in [1.54, 1.807) is 6.08 Å². The lowest BCUT2D eigenvalue weighted by Crippen LogP contribution is -2.38. The third kappa shape index (κ3) is 10.3. The molecule has 0 heterocycles. The van der Waals surface area contributed by atoms with Gasteiger partial charge in [0.1, 0.15) is 6.10 Å². The minimum absolute atomic E-state index is 0.0775. The van der Waals surface area contributed by atoms with E-state index in [9.17, 15) is 20.1 Å². The molecule has 0 unspecified atom stereocenters. The highest BCUT2D eigenvalue weighted by Crippen LogP contribution is 2.53. The van der Waals surface area contributed by atoms with Gasteiger partial charge in [-0.05, 0) is 81.9 Å². The van der Waals surface area contributed by atoms with Crippen LogP contribution in [0.15, 0.2) is 119 Å². The molecule has 0 amide bonds. The first kappa shape index (κ1) is 37.1. The van der Waals surface area contributed by atoms with Gasteiger partial charge in [-0.3, -0.25) is 4.79 Å². The van der Waals surface area contributed by atoms with Crippen LogP contribution in [0.3, 0.4) is 0 Å². The fourth-order valence-electron chi connectivity index (χ4n) is 6.10. The van der Waals surface area contributed by atoms with Gasteiger partial charge in [0.15, 0.2) is 5.78 Å². The standard InChI is InChI=1S/C40H56O4/c1-28(17-13-19-30(3)21-23-34-32(5)37(44)35(42)27-38(34,6)7)15-11-12-16-29(2)18-14-20-31(4)22-24-36(43)40(10)26-33(41)25-39(40,8)9/h11-24,33,35,37,41-42,44H,25-27H2,1-10H3/b12-11+,17-13+,18-14+,23-21+,24-22+,28-15+,29-16+,30-19+,31-20+/t33-,35-,37-,40-/m0/s1. The van der Waals surface area contributed by atoms with Gasteiger partial charge in [0.25, 0.3) is 0 Å². The van der Waals surface area contributed by atoms with Crippen LogP contribution in [0.2, 0.25) is 0 Å². The molecule has 0 bridgehead atoms. The molecular formula is C40H56O4. The molecular weight excluding hydrogens is 544 g/mol. The second-order valence-corrected chi connectivity index (χ2v) is 14.3. The lowest BCUT2D eigenvalue weighted by atomic mass is 9.66. The molecule has 0 saturated heterocycles. The predicted octanol–water partition coefficient (Wildman–Crippen LogP) is 8.78. The van der Waals surface area contributed by atoms with Crippen LogP contribution in [0.1, 0.15) is 88.5 Å². The van der Waals surface area contributed by atoms with Gasteiger partial charge in [0, 0.05) is 5.41 Å². The van der Waals surface area contributed by atoms with Crippen molar-refractivity contribution in [1.82, 2.24) is 0 Å². The Kier molecular flexibility index (Phi) is 13.3. The van der Waals surface area contributed by atoms with Crippen molar-refractivity contribution in [1.29, 1.82) is 0 Å². The number of rotatable bonds is 11. The summed E-state index contributed by atoms with van der Waals surface area (Å²) in [7, 11) is 0. The number of hydrogen-bond acceptors (Lipinski definition) is 4. The van der Waals surface area contributed by atoms with E-state index in [1.165, 1.54) is 0 Å². The summed E-state index contributed by atoms with van der Waals surface area (Å²) in [6, 6.07) is 0. The molecule has 1 saturated carbocycles. The molecule has 44 heavy (non-hydrogen) atoms. The smallest absolute Gasteiger partial charge is 0.162 e. The fourth-order valence-corrected chi connectivity index (χ4v) is 6.10. The molecule has 0 aromatic rings. The number of ketones is 1. The summed E-state index contributed by atoms with van der Waals surface area (Å²) in [5.41, 5.74) is 5.31. The minimum Gasteiger partial charge on any atom is -0.393 e. The zero-order chi connectivity index (χ0) is 33.3. The zero-order valence-electron chi connectivity index (χ0n) is 28.7. The van der Waals surface area contributed by atoms with Crippen molar-refractivity contribution < 1.29 is 20.1 Å². The number of hydrogen-bond donors (Lipinski definition) is 3. The van der Waals surface area contributed by atoms with Gasteiger partial charge in [-0.25, -0.2) is 0 Å². The Balaban J connectivity index is 1.91. The second-order valence-electron chi connectivity index (χ2n) is 14.3. The molecule has 0 spiro atoms. The van der Waals surface area contributed by atoms with Crippen LogP contribution >= 0.6 is 0 Å².